The van der Waals surface area contributed by atoms with E-state index in [2.05, 4.69) is 51.0 Å². The number of nitrogens with one attached hydrogen (secondary N) is 2. The molecule has 0 saturated carbocycles. The minimum Gasteiger partial charge on any atom is -0.741 e. The monoisotopic (exact) mass is 726 g/mol. The van der Waals surface area contributed by atoms with E-state index < -0.39 is 10.2 Å². The molecule has 2 N–H and O–H groups in total. The van der Waals surface area contributed by atoms with Gasteiger partial charge in [-0.1, -0.05) is 24.3 Å². The predicted molar refractivity (Wildman–Crippen MR) is 165 cm³/mol. The second kappa shape index (κ2) is 22.5. The first-order valence-corrected chi connectivity index (χ1v) is 15.0. The smallest absolute Gasteiger partial charge is 0.741 e. The molecule has 0 aromatic carbocycles. The van der Waals surface area contributed by atoms with Gasteiger partial charge < -0.3 is 25.3 Å². The van der Waals surface area contributed by atoms with E-state index in [9.17, 15) is 0 Å². The molecule has 46 heavy (non-hydrogen) atoms. The molecule has 14 nitrogen and oxygen atoms in total. The van der Waals surface area contributed by atoms with Crippen molar-refractivity contribution in [2.45, 2.75) is 13.8 Å². The fraction of sp³-hybridized carbons (Fsp3) is 0.143. The van der Waals surface area contributed by atoms with Crippen LogP contribution in [0.5, 0.6) is 0 Å². The second-order valence-electron chi connectivity index (χ2n) is 7.94. The molecule has 4 aromatic heterocycles. The zero-order valence-electron chi connectivity index (χ0n) is 24.4. The maximum absolute atomic E-state index is 8.49. The average molecular weight is 727 g/mol. The van der Waals surface area contributed by atoms with Gasteiger partial charge in [0.1, 0.15) is 11.4 Å². The fourth-order valence-electron chi connectivity index (χ4n) is 3.07. The van der Waals surface area contributed by atoms with E-state index in [1.165, 1.54) is 0 Å². The van der Waals surface area contributed by atoms with Crippen molar-refractivity contribution >= 4 is 47.0 Å². The molecule has 0 unspecified atom stereocenters. The number of aliphatic imine (C=N–C) groups is 2. The number of hydrazone groups is 2. The van der Waals surface area contributed by atoms with E-state index in [-0.39, 0.29) is 16.8 Å². The molecule has 0 fully saturated rings. The van der Waals surface area contributed by atoms with Crippen molar-refractivity contribution in [3.63, 3.8) is 0 Å². The summed E-state index contributed by atoms with van der Waals surface area (Å²) in [6.45, 7) is 5.06. The SMILES string of the molecule is CCN=C([S-])NN=C(c1ccccn1)c1ccccn1.CCN=C([S-])NN=C(c1ccccn1)c1ccccn1.[Co+3].[O-][Cl+3]([O-])([O-])[O-]. The molecular weight excluding hydrogens is 699 g/mol. The Bertz CT molecular complexity index is 1340. The summed E-state index contributed by atoms with van der Waals surface area (Å²) in [5.74, 6) is 0. The topological polar surface area (TPSA) is 217 Å². The van der Waals surface area contributed by atoms with E-state index >= 15 is 0 Å². The minimum atomic E-state index is -4.94. The van der Waals surface area contributed by atoms with Crippen molar-refractivity contribution in [3.8, 4) is 0 Å². The van der Waals surface area contributed by atoms with Gasteiger partial charge in [0.2, 0.25) is 0 Å². The third kappa shape index (κ3) is 16.9. The van der Waals surface area contributed by atoms with Gasteiger partial charge in [-0.15, -0.1) is 10.2 Å². The van der Waals surface area contributed by atoms with Gasteiger partial charge >= 0.3 is 16.8 Å². The molecule has 4 aromatic rings. The van der Waals surface area contributed by atoms with Gasteiger partial charge in [0, 0.05) is 37.9 Å². The molecule has 18 heteroatoms. The van der Waals surface area contributed by atoms with Crippen molar-refractivity contribution in [2.24, 2.45) is 20.2 Å². The minimum absolute atomic E-state index is 0. The molecule has 4 heterocycles. The Morgan fingerprint density at radius 3 is 1.04 bits per heavy atom. The van der Waals surface area contributed by atoms with Crippen LogP contribution in [-0.4, -0.2) is 54.8 Å². The predicted octanol–water partition coefficient (Wildman–Crippen LogP) is -1.28. The number of halogens is 1. The number of hydrogen-bond acceptors (Lipinski definition) is 14. The van der Waals surface area contributed by atoms with E-state index in [0.717, 1.165) is 22.8 Å². The molecule has 0 aliphatic rings. The van der Waals surface area contributed by atoms with E-state index in [1.807, 2.05) is 86.6 Å². The summed E-state index contributed by atoms with van der Waals surface area (Å²) in [6.07, 6.45) is 6.84. The van der Waals surface area contributed by atoms with Crippen molar-refractivity contribution in [1.29, 1.82) is 0 Å². The Balaban J connectivity index is 0.000000394. The van der Waals surface area contributed by atoms with Crippen molar-refractivity contribution in [3.05, 3.63) is 120 Å². The molecule has 0 bridgehead atoms. The van der Waals surface area contributed by atoms with Crippen LogP contribution in [0.15, 0.2) is 118 Å². The molecule has 0 aliphatic carbocycles. The number of hydrogen-bond donors (Lipinski definition) is 2. The number of rotatable bonds is 8. The molecule has 4 rings (SSSR count). The summed E-state index contributed by atoms with van der Waals surface area (Å²) < 4.78 is 34.0. The Morgan fingerprint density at radius 1 is 0.587 bits per heavy atom. The van der Waals surface area contributed by atoms with Crippen LogP contribution in [-0.2, 0) is 42.0 Å². The number of nitrogens with zero attached hydrogens (tertiary/aromatic N) is 8. The number of pyridine rings is 4. The van der Waals surface area contributed by atoms with Crippen molar-refractivity contribution < 1.29 is 45.7 Å². The Hall–Kier alpha value is -4.04. The van der Waals surface area contributed by atoms with Gasteiger partial charge in [-0.2, -0.15) is 10.2 Å². The summed E-state index contributed by atoms with van der Waals surface area (Å²) >= 11 is 10.1. The van der Waals surface area contributed by atoms with E-state index in [4.69, 9.17) is 43.9 Å². The summed E-state index contributed by atoms with van der Waals surface area (Å²) in [7, 11) is -4.94. The summed E-state index contributed by atoms with van der Waals surface area (Å²) in [5.41, 5.74) is 9.64. The van der Waals surface area contributed by atoms with Gasteiger partial charge in [0.05, 0.1) is 22.8 Å². The van der Waals surface area contributed by atoms with E-state index in [0.29, 0.717) is 34.8 Å². The molecular formula is C28H28ClCoN10O4S2. The van der Waals surface area contributed by atoms with Crippen LogP contribution in [0.2, 0.25) is 0 Å². The largest absolute Gasteiger partial charge is 3.00 e. The van der Waals surface area contributed by atoms with E-state index in [1.54, 1.807) is 24.8 Å². The molecule has 0 saturated heterocycles. The maximum atomic E-state index is 8.49. The zero-order valence-corrected chi connectivity index (χ0v) is 27.8. The van der Waals surface area contributed by atoms with Crippen molar-refractivity contribution in [2.75, 3.05) is 13.1 Å². The van der Waals surface area contributed by atoms with Gasteiger partial charge in [0.25, 0.3) is 0 Å². The average Bonchev–Trinajstić information content (AvgIpc) is 3.03. The Morgan fingerprint density at radius 2 is 0.848 bits per heavy atom. The van der Waals surface area contributed by atoms with Gasteiger partial charge in [0.15, 0.2) is 0 Å². The standard InChI is InChI=1S/2C14H15N5S.ClHO4.Co/c2*1-2-15-14(20)19-18-13(11-7-3-5-9-16-11)12-8-4-6-10-17-12;2-1(3,4)5;/h2*3-10H,2H2,1H3,(H2,15,19,20);(H,2,3,4,5);/q;;;+3/p-3. The first kappa shape index (κ1) is 40.0. The quantitative estimate of drug-likeness (QED) is 0.0940. The molecule has 0 amide bonds. The van der Waals surface area contributed by atoms with Crippen LogP contribution >= 0.6 is 0 Å². The van der Waals surface area contributed by atoms with Gasteiger partial charge in [-0.3, -0.25) is 40.8 Å². The normalized spacial score (nSPS) is 10.8. The number of amidine groups is 2. The van der Waals surface area contributed by atoms with Crippen LogP contribution in [0.1, 0.15) is 36.6 Å². The third-order valence-electron chi connectivity index (χ3n) is 4.76. The van der Waals surface area contributed by atoms with Gasteiger partial charge in [-0.05, 0) is 72.7 Å². The van der Waals surface area contributed by atoms with Gasteiger partial charge in [-0.25, -0.2) is 18.6 Å². The van der Waals surface area contributed by atoms with Crippen LogP contribution in [0, 0.1) is 10.2 Å². The second-order valence-corrected chi connectivity index (χ2v) is 9.47. The van der Waals surface area contributed by atoms with Crippen LogP contribution < -0.4 is 29.5 Å². The first-order valence-electron chi connectivity index (χ1n) is 13.0. The van der Waals surface area contributed by atoms with Crippen LogP contribution in [0.4, 0.5) is 0 Å². The maximum Gasteiger partial charge on any atom is 3.00 e. The zero-order chi connectivity index (χ0) is 32.9. The Labute approximate surface area is 289 Å². The molecule has 0 spiro atoms. The summed E-state index contributed by atoms with van der Waals surface area (Å²) in [4.78, 5) is 25.3. The third-order valence-corrected chi connectivity index (χ3v) is 5.20. The van der Waals surface area contributed by atoms with Crippen LogP contribution in [0.25, 0.3) is 0 Å². The summed E-state index contributed by atoms with van der Waals surface area (Å²) in [5, 5.41) is 9.27. The van der Waals surface area contributed by atoms with Crippen molar-refractivity contribution in [1.82, 2.24) is 30.8 Å². The molecule has 0 aliphatic heterocycles. The molecule has 242 valence electrons. The number of aromatic nitrogens is 4. The molecule has 0 radical (unpaired) electrons. The molecule has 0 atom stereocenters. The summed E-state index contributed by atoms with van der Waals surface area (Å²) in [6, 6.07) is 22.5. The Kier molecular flexibility index (Phi) is 19.5. The fourth-order valence-corrected chi connectivity index (χ4v) is 3.42. The van der Waals surface area contributed by atoms with Crippen LogP contribution in [0.3, 0.4) is 0 Å². The first-order chi connectivity index (χ1) is 21.6.